The van der Waals surface area contributed by atoms with Crippen LogP contribution in [0.15, 0.2) is 0 Å². The molecule has 3 N–H and O–H groups in total. The molecule has 3 nitrogen and oxygen atoms in total. The molecule has 0 amide bonds. The number of hydrogen-bond donors (Lipinski definition) is 3. The van der Waals surface area contributed by atoms with E-state index in [1.807, 2.05) is 0 Å². The van der Waals surface area contributed by atoms with Crippen molar-refractivity contribution in [2.75, 3.05) is 6.67 Å². The predicted octanol–water partition coefficient (Wildman–Crippen LogP) is 1.40. The van der Waals surface area contributed by atoms with Crippen molar-refractivity contribution in [2.24, 2.45) is 0 Å². The number of rotatable bonds is 9. The minimum atomic E-state index is -4.29. The summed E-state index contributed by atoms with van der Waals surface area (Å²) in [6.07, 6.45) is -21.5. The minimum Gasteiger partial charge on any atom is -0.341 e. The second kappa shape index (κ2) is 7.99. The van der Waals surface area contributed by atoms with Crippen molar-refractivity contribution in [1.82, 2.24) is 0 Å². The van der Waals surface area contributed by atoms with Gasteiger partial charge in [0.15, 0.2) is 24.7 Å². The first-order valence-electron chi connectivity index (χ1n) is 5.61. The molecule has 10 heteroatoms. The van der Waals surface area contributed by atoms with Crippen LogP contribution in [0.1, 0.15) is 12.8 Å². The Balaban J connectivity index is 4.63. The zero-order chi connectivity index (χ0) is 16.1. The number of alkyl halides is 7. The number of hydrogen-bond acceptors (Lipinski definition) is 3. The molecule has 0 aromatic heterocycles. The van der Waals surface area contributed by atoms with Gasteiger partial charge in [-0.05, 0) is 12.8 Å². The van der Waals surface area contributed by atoms with E-state index in [-0.39, 0.29) is 0 Å². The Morgan fingerprint density at radius 2 is 1.20 bits per heavy atom. The molecular formula is C10H15F7O3. The maximum Gasteiger partial charge on any atom is 0.311 e. The Morgan fingerprint density at radius 3 is 1.60 bits per heavy atom. The van der Waals surface area contributed by atoms with E-state index in [9.17, 15) is 30.7 Å². The zero-order valence-corrected chi connectivity index (χ0v) is 10.1. The fourth-order valence-corrected chi connectivity index (χ4v) is 1.36. The molecule has 0 heterocycles. The lowest BCUT2D eigenvalue weighted by Gasteiger charge is -2.27. The molecule has 0 aliphatic carbocycles. The maximum atomic E-state index is 13.1. The van der Waals surface area contributed by atoms with Crippen LogP contribution in [0, 0.1) is 0 Å². The lowest BCUT2D eigenvalue weighted by molar-refractivity contribution is -0.352. The molecule has 20 heavy (non-hydrogen) atoms. The van der Waals surface area contributed by atoms with Crippen molar-refractivity contribution in [2.45, 2.75) is 55.8 Å². The largest absolute Gasteiger partial charge is 0.341 e. The second-order valence-electron chi connectivity index (χ2n) is 4.21. The molecule has 0 aliphatic rings. The normalized spacial score (nSPS) is 21.9. The van der Waals surface area contributed by atoms with Crippen LogP contribution in [0.3, 0.4) is 0 Å². The highest BCUT2D eigenvalue weighted by molar-refractivity contribution is 4.90. The van der Waals surface area contributed by atoms with Crippen molar-refractivity contribution in [3.8, 4) is 0 Å². The lowest BCUT2D eigenvalue weighted by atomic mass is 9.99. The summed E-state index contributed by atoms with van der Waals surface area (Å²) in [7, 11) is 0. The van der Waals surface area contributed by atoms with Gasteiger partial charge in [-0.1, -0.05) is 0 Å². The van der Waals surface area contributed by atoms with Gasteiger partial charge in [0.2, 0.25) is 6.17 Å². The van der Waals surface area contributed by atoms with Gasteiger partial charge in [-0.3, -0.25) is 4.39 Å². The topological polar surface area (TPSA) is 60.7 Å². The van der Waals surface area contributed by atoms with Crippen LogP contribution in [0.4, 0.5) is 30.7 Å². The average Bonchev–Trinajstić information content (AvgIpc) is 2.39. The van der Waals surface area contributed by atoms with Gasteiger partial charge in [-0.15, -0.1) is 0 Å². The summed E-state index contributed by atoms with van der Waals surface area (Å²) < 4.78 is 89.8. The van der Waals surface area contributed by atoms with Crippen LogP contribution in [-0.2, 0) is 0 Å². The molecule has 0 saturated carbocycles. The molecule has 0 aliphatic heterocycles. The summed E-state index contributed by atoms with van der Waals surface area (Å²) in [5, 5.41) is 24.7. The van der Waals surface area contributed by atoms with E-state index in [4.69, 9.17) is 15.3 Å². The highest BCUT2D eigenvalue weighted by Gasteiger charge is 2.49. The Bertz CT molecular complexity index is 276. The van der Waals surface area contributed by atoms with Gasteiger partial charge in [0.25, 0.3) is 0 Å². The SMILES string of the molecule is OC(O)(O)C(F)C(F)C(F)C(F)C(F)C(F)CCCF. The fourth-order valence-electron chi connectivity index (χ4n) is 1.36. The zero-order valence-electron chi connectivity index (χ0n) is 10.1. The third-order valence-corrected chi connectivity index (χ3v) is 2.52. The second-order valence-corrected chi connectivity index (χ2v) is 4.21. The Labute approximate surface area is 110 Å². The van der Waals surface area contributed by atoms with Crippen LogP contribution in [0.25, 0.3) is 0 Å². The molecule has 6 atom stereocenters. The van der Waals surface area contributed by atoms with Crippen molar-refractivity contribution in [3.05, 3.63) is 0 Å². The molecule has 0 bridgehead atoms. The van der Waals surface area contributed by atoms with Crippen LogP contribution in [0.5, 0.6) is 0 Å². The van der Waals surface area contributed by atoms with Gasteiger partial charge in [0.05, 0.1) is 6.67 Å². The van der Waals surface area contributed by atoms with Crippen molar-refractivity contribution < 1.29 is 46.1 Å². The van der Waals surface area contributed by atoms with Gasteiger partial charge in [0.1, 0.15) is 6.17 Å². The molecule has 6 unspecified atom stereocenters. The van der Waals surface area contributed by atoms with Gasteiger partial charge < -0.3 is 15.3 Å². The van der Waals surface area contributed by atoms with Crippen LogP contribution < -0.4 is 0 Å². The molecule has 0 aromatic carbocycles. The van der Waals surface area contributed by atoms with E-state index in [1.54, 1.807) is 0 Å². The minimum absolute atomic E-state index is 0.469. The predicted molar refractivity (Wildman–Crippen MR) is 54.0 cm³/mol. The van der Waals surface area contributed by atoms with Gasteiger partial charge >= 0.3 is 5.97 Å². The highest BCUT2D eigenvalue weighted by atomic mass is 19.2. The van der Waals surface area contributed by atoms with Gasteiger partial charge in [-0.2, -0.15) is 0 Å². The van der Waals surface area contributed by atoms with Crippen molar-refractivity contribution >= 4 is 0 Å². The quantitative estimate of drug-likeness (QED) is 0.445. The Hall–Kier alpha value is -0.610. The summed E-state index contributed by atoms with van der Waals surface area (Å²) in [5.74, 6) is -4.29. The third kappa shape index (κ3) is 5.41. The van der Waals surface area contributed by atoms with E-state index in [2.05, 4.69) is 0 Å². The summed E-state index contributed by atoms with van der Waals surface area (Å²) in [6, 6.07) is 0. The Morgan fingerprint density at radius 1 is 0.750 bits per heavy atom. The first-order chi connectivity index (χ1) is 9.03. The van der Waals surface area contributed by atoms with Crippen LogP contribution in [-0.4, -0.2) is 65.0 Å². The standard InChI is InChI=1S/C10H15F7O3/c11-3-1-2-4(12)5(13)6(14)7(15)8(16)9(17)10(18,19)20/h4-9,18-20H,1-3H2. The summed E-state index contributed by atoms with van der Waals surface area (Å²) in [4.78, 5) is 0. The maximum absolute atomic E-state index is 13.1. The van der Waals surface area contributed by atoms with Gasteiger partial charge in [-0.25, -0.2) is 26.3 Å². The average molecular weight is 316 g/mol. The first kappa shape index (κ1) is 19.4. The van der Waals surface area contributed by atoms with E-state index in [1.165, 1.54) is 0 Å². The van der Waals surface area contributed by atoms with Gasteiger partial charge in [0, 0.05) is 0 Å². The van der Waals surface area contributed by atoms with Crippen molar-refractivity contribution in [1.29, 1.82) is 0 Å². The third-order valence-electron chi connectivity index (χ3n) is 2.52. The molecule has 0 saturated heterocycles. The smallest absolute Gasteiger partial charge is 0.311 e. The fraction of sp³-hybridized carbons (Fsp3) is 1.00. The van der Waals surface area contributed by atoms with Crippen molar-refractivity contribution in [3.63, 3.8) is 0 Å². The monoisotopic (exact) mass is 316 g/mol. The van der Waals surface area contributed by atoms with Crippen LogP contribution >= 0.6 is 0 Å². The molecule has 0 aromatic rings. The summed E-state index contributed by atoms with van der Waals surface area (Å²) >= 11 is 0. The highest BCUT2D eigenvalue weighted by Crippen LogP contribution is 2.27. The van der Waals surface area contributed by atoms with Crippen LogP contribution in [0.2, 0.25) is 0 Å². The number of aliphatic hydroxyl groups is 3. The summed E-state index contributed by atoms with van der Waals surface area (Å²) in [6.45, 7) is -1.02. The molecule has 0 radical (unpaired) electrons. The van der Waals surface area contributed by atoms with E-state index >= 15 is 0 Å². The van der Waals surface area contributed by atoms with E-state index < -0.39 is 62.5 Å². The Kier molecular flexibility index (Phi) is 7.74. The number of halogens is 7. The lowest BCUT2D eigenvalue weighted by Crippen LogP contribution is -2.51. The first-order valence-corrected chi connectivity index (χ1v) is 5.61. The van der Waals surface area contributed by atoms with E-state index in [0.29, 0.717) is 0 Å². The molecule has 0 fully saturated rings. The molecule has 0 spiro atoms. The summed E-state index contributed by atoms with van der Waals surface area (Å²) in [5.41, 5.74) is 0. The molecule has 122 valence electrons. The molecule has 0 rings (SSSR count). The molecular weight excluding hydrogens is 301 g/mol. The van der Waals surface area contributed by atoms with E-state index in [0.717, 1.165) is 0 Å².